The second-order valence-corrected chi connectivity index (χ2v) is 8.44. The predicted molar refractivity (Wildman–Crippen MR) is 100 cm³/mol. The Morgan fingerprint density at radius 3 is 2.58 bits per heavy atom. The van der Waals surface area contributed by atoms with Gasteiger partial charge in [-0.1, -0.05) is 0 Å². The highest BCUT2D eigenvalue weighted by Crippen LogP contribution is 2.29. The van der Waals surface area contributed by atoms with E-state index in [1.165, 1.54) is 12.1 Å². The summed E-state index contributed by atoms with van der Waals surface area (Å²) in [4.78, 5) is 13.3. The molecule has 146 valence electrons. The van der Waals surface area contributed by atoms with Crippen LogP contribution < -0.4 is 9.62 Å². The number of benzene rings is 1. The van der Waals surface area contributed by atoms with Gasteiger partial charge in [-0.25, -0.2) is 17.9 Å². The Labute approximate surface area is 155 Å². The fraction of sp³-hybridized carbons (Fsp3) is 0.611. The summed E-state index contributed by atoms with van der Waals surface area (Å²) in [5, 5.41) is 9.23. The Morgan fingerprint density at radius 2 is 1.96 bits per heavy atom. The van der Waals surface area contributed by atoms with Gasteiger partial charge < -0.3 is 14.7 Å². The van der Waals surface area contributed by atoms with Crippen molar-refractivity contribution in [3.05, 3.63) is 23.8 Å². The lowest BCUT2D eigenvalue weighted by atomic mass is 10.1. The molecule has 0 spiro atoms. The molecular weight excluding hydrogens is 356 g/mol. The number of hydrogen-bond donors (Lipinski definition) is 2. The van der Waals surface area contributed by atoms with Gasteiger partial charge in [0.25, 0.3) is 0 Å². The summed E-state index contributed by atoms with van der Waals surface area (Å²) in [6, 6.07) is 4.31. The van der Waals surface area contributed by atoms with Gasteiger partial charge in [0, 0.05) is 26.2 Å². The average molecular weight is 384 g/mol. The van der Waals surface area contributed by atoms with E-state index in [2.05, 4.69) is 4.72 Å². The molecule has 0 atom stereocenters. The monoisotopic (exact) mass is 384 g/mol. The summed E-state index contributed by atoms with van der Waals surface area (Å²) >= 11 is 0. The van der Waals surface area contributed by atoms with Crippen molar-refractivity contribution in [1.29, 1.82) is 0 Å². The molecule has 0 aromatic heterocycles. The second kappa shape index (κ2) is 9.34. The van der Waals surface area contributed by atoms with Crippen LogP contribution in [0.1, 0.15) is 49.9 Å². The van der Waals surface area contributed by atoms with Crippen molar-refractivity contribution >= 4 is 21.7 Å². The minimum atomic E-state index is -3.81. The topological polar surface area (TPSA) is 95.9 Å². The van der Waals surface area contributed by atoms with Crippen LogP contribution in [0.4, 0.5) is 5.69 Å². The molecule has 1 aromatic rings. The molecule has 1 saturated heterocycles. The van der Waals surface area contributed by atoms with Gasteiger partial charge in [-0.05, 0) is 57.7 Å². The predicted octanol–water partition coefficient (Wildman–Crippen LogP) is 2.47. The van der Waals surface area contributed by atoms with Crippen molar-refractivity contribution in [3.63, 3.8) is 0 Å². The van der Waals surface area contributed by atoms with Gasteiger partial charge in [0.2, 0.25) is 10.0 Å². The minimum absolute atomic E-state index is 0.0316. The highest BCUT2D eigenvalue weighted by molar-refractivity contribution is 7.89. The zero-order valence-electron chi connectivity index (χ0n) is 15.4. The molecule has 0 radical (unpaired) electrons. The van der Waals surface area contributed by atoms with Gasteiger partial charge in [0.05, 0.1) is 17.4 Å². The lowest BCUT2D eigenvalue weighted by molar-refractivity contribution is 0.0696. The molecule has 1 heterocycles. The van der Waals surface area contributed by atoms with Gasteiger partial charge in [-0.3, -0.25) is 0 Å². The molecule has 0 unspecified atom stereocenters. The molecule has 1 fully saturated rings. The maximum Gasteiger partial charge on any atom is 0.335 e. The van der Waals surface area contributed by atoms with Gasteiger partial charge in [-0.2, -0.15) is 0 Å². The van der Waals surface area contributed by atoms with Crippen LogP contribution in [0, 0.1) is 0 Å². The summed E-state index contributed by atoms with van der Waals surface area (Å²) in [6.45, 7) is 6.10. The first kappa shape index (κ1) is 20.7. The number of ether oxygens (including phenoxy) is 1. The Bertz CT molecular complexity index is 712. The van der Waals surface area contributed by atoms with E-state index in [1.54, 1.807) is 6.07 Å². The van der Waals surface area contributed by atoms with Crippen LogP contribution in [0.15, 0.2) is 23.1 Å². The average Bonchev–Trinajstić information content (AvgIpc) is 2.61. The fourth-order valence-corrected chi connectivity index (χ4v) is 4.26. The maximum atomic E-state index is 12.8. The van der Waals surface area contributed by atoms with E-state index in [0.29, 0.717) is 18.7 Å². The third-order valence-corrected chi connectivity index (χ3v) is 5.75. The number of sulfonamides is 1. The molecule has 1 aliphatic rings. The lowest BCUT2D eigenvalue weighted by Crippen LogP contribution is -2.33. The third kappa shape index (κ3) is 5.69. The van der Waals surface area contributed by atoms with Crippen molar-refractivity contribution in [2.45, 2.75) is 50.5 Å². The Hall–Kier alpha value is -1.64. The Kier molecular flexibility index (Phi) is 7.43. The quantitative estimate of drug-likeness (QED) is 0.635. The SMILES string of the molecule is CC(C)OCCCNS(=O)(=O)c1cc(C(=O)O)ccc1N1CCCCC1. The molecule has 0 bridgehead atoms. The number of hydrogen-bond acceptors (Lipinski definition) is 5. The summed E-state index contributed by atoms with van der Waals surface area (Å²) in [5.74, 6) is -1.14. The van der Waals surface area contributed by atoms with Crippen LogP contribution in [0.3, 0.4) is 0 Å². The van der Waals surface area contributed by atoms with E-state index in [4.69, 9.17) is 4.74 Å². The smallest absolute Gasteiger partial charge is 0.335 e. The number of carboxylic acids is 1. The first-order valence-corrected chi connectivity index (χ1v) is 10.5. The van der Waals surface area contributed by atoms with Crippen molar-refractivity contribution in [2.75, 3.05) is 31.1 Å². The molecule has 1 aliphatic heterocycles. The molecular formula is C18H28N2O5S. The van der Waals surface area contributed by atoms with Crippen molar-refractivity contribution in [1.82, 2.24) is 4.72 Å². The van der Waals surface area contributed by atoms with Crippen molar-refractivity contribution in [3.8, 4) is 0 Å². The molecule has 0 saturated carbocycles. The van der Waals surface area contributed by atoms with Gasteiger partial charge >= 0.3 is 5.97 Å². The van der Waals surface area contributed by atoms with E-state index in [1.807, 2.05) is 18.7 Å². The van der Waals surface area contributed by atoms with Crippen LogP contribution in [0.2, 0.25) is 0 Å². The second-order valence-electron chi connectivity index (χ2n) is 6.71. The number of piperidine rings is 1. The largest absolute Gasteiger partial charge is 0.478 e. The molecule has 1 aromatic carbocycles. The van der Waals surface area contributed by atoms with Gasteiger partial charge in [0.15, 0.2) is 0 Å². The molecule has 0 aliphatic carbocycles. The van der Waals surface area contributed by atoms with E-state index in [0.717, 1.165) is 32.4 Å². The summed E-state index contributed by atoms with van der Waals surface area (Å²) in [5.41, 5.74) is 0.537. The number of rotatable bonds is 9. The lowest BCUT2D eigenvalue weighted by Gasteiger charge is -2.30. The zero-order chi connectivity index (χ0) is 19.2. The maximum absolute atomic E-state index is 12.8. The van der Waals surface area contributed by atoms with Crippen molar-refractivity contribution < 1.29 is 23.1 Å². The normalized spacial score (nSPS) is 15.4. The van der Waals surface area contributed by atoms with E-state index in [9.17, 15) is 18.3 Å². The first-order chi connectivity index (χ1) is 12.3. The standard InChI is InChI=1S/C18H28N2O5S/c1-14(2)25-12-6-9-19-26(23,24)17-13-15(18(21)22)7-8-16(17)20-10-4-3-5-11-20/h7-8,13-14,19H,3-6,9-12H2,1-2H3,(H,21,22). The number of nitrogens with one attached hydrogen (secondary N) is 1. The molecule has 8 heteroatoms. The molecule has 0 amide bonds. The summed E-state index contributed by atoms with van der Waals surface area (Å²) in [7, 11) is -3.81. The fourth-order valence-electron chi connectivity index (χ4n) is 2.93. The van der Waals surface area contributed by atoms with Crippen LogP contribution in [-0.4, -0.2) is 51.8 Å². The zero-order valence-corrected chi connectivity index (χ0v) is 16.2. The van der Waals surface area contributed by atoms with Crippen molar-refractivity contribution in [2.24, 2.45) is 0 Å². The molecule has 26 heavy (non-hydrogen) atoms. The number of carboxylic acid groups (broad SMARTS) is 1. The summed E-state index contributed by atoms with van der Waals surface area (Å²) in [6.07, 6.45) is 3.78. The van der Waals surface area contributed by atoms with Crippen LogP contribution in [0.5, 0.6) is 0 Å². The number of carbonyl (C=O) groups is 1. The van der Waals surface area contributed by atoms with E-state index < -0.39 is 16.0 Å². The molecule has 2 N–H and O–H groups in total. The van der Waals surface area contributed by atoms with Crippen LogP contribution >= 0.6 is 0 Å². The Morgan fingerprint density at radius 1 is 1.27 bits per heavy atom. The summed E-state index contributed by atoms with van der Waals surface area (Å²) < 4.78 is 33.6. The highest BCUT2D eigenvalue weighted by atomic mass is 32.2. The van der Waals surface area contributed by atoms with Crippen LogP contribution in [0.25, 0.3) is 0 Å². The number of anilines is 1. The first-order valence-electron chi connectivity index (χ1n) is 9.05. The number of aromatic carboxylic acids is 1. The van der Waals surface area contributed by atoms with Crippen LogP contribution in [-0.2, 0) is 14.8 Å². The minimum Gasteiger partial charge on any atom is -0.478 e. The van der Waals surface area contributed by atoms with Gasteiger partial charge in [-0.15, -0.1) is 0 Å². The van der Waals surface area contributed by atoms with E-state index in [-0.39, 0.29) is 23.1 Å². The number of nitrogens with zero attached hydrogens (tertiary/aromatic N) is 1. The molecule has 2 rings (SSSR count). The Balaban J connectivity index is 2.19. The third-order valence-electron chi connectivity index (χ3n) is 4.26. The van der Waals surface area contributed by atoms with E-state index >= 15 is 0 Å². The highest BCUT2D eigenvalue weighted by Gasteiger charge is 2.24. The van der Waals surface area contributed by atoms with Gasteiger partial charge in [0.1, 0.15) is 4.90 Å². The molecule has 7 nitrogen and oxygen atoms in total.